The van der Waals surface area contributed by atoms with E-state index in [1.807, 2.05) is 6.08 Å². The van der Waals surface area contributed by atoms with Gasteiger partial charge in [0.2, 0.25) is 0 Å². The normalized spacial score (nSPS) is 9.65. The van der Waals surface area contributed by atoms with Crippen molar-refractivity contribution in [3.8, 4) is 0 Å². The van der Waals surface area contributed by atoms with Gasteiger partial charge in [-0.05, 0) is 12.8 Å². The van der Waals surface area contributed by atoms with E-state index in [0.29, 0.717) is 0 Å². The molecule has 0 aromatic heterocycles. The second-order valence-corrected chi connectivity index (χ2v) is 5.67. The Labute approximate surface area is 146 Å². The Morgan fingerprint density at radius 1 is 0.600 bits per heavy atom. The molecule has 2 heteroatoms. The molecular weight excluding hydrogens is 327 g/mol. The van der Waals surface area contributed by atoms with Crippen molar-refractivity contribution in [2.24, 2.45) is 0 Å². The van der Waals surface area contributed by atoms with Gasteiger partial charge in [0.1, 0.15) is 0 Å². The second-order valence-electron chi connectivity index (χ2n) is 5.67. The first-order valence-electron chi connectivity index (χ1n) is 8.52. The van der Waals surface area contributed by atoms with Crippen LogP contribution < -0.4 is 0 Å². The van der Waals surface area contributed by atoms with E-state index in [1.165, 1.54) is 96.3 Å². The molecule has 0 nitrogen and oxygen atoms in total. The minimum atomic E-state index is 0. The zero-order valence-corrected chi connectivity index (χ0v) is 16.2. The van der Waals surface area contributed by atoms with Crippen LogP contribution in [0.2, 0.25) is 0 Å². The predicted molar refractivity (Wildman–Crippen MR) is 98.5 cm³/mol. The molecule has 4 radical (unpaired) electrons. The van der Waals surface area contributed by atoms with Crippen molar-refractivity contribution < 1.29 is 0 Å². The van der Waals surface area contributed by atoms with Gasteiger partial charge in [-0.1, -0.05) is 96.5 Å². The average molecular weight is 364 g/mol. The fourth-order valence-electron chi connectivity index (χ4n) is 2.48. The van der Waals surface area contributed by atoms with Gasteiger partial charge in [0.15, 0.2) is 0 Å². The summed E-state index contributed by atoms with van der Waals surface area (Å²) in [5, 5.41) is 0. The Kier molecular flexibility index (Phi) is 31.5. The van der Waals surface area contributed by atoms with E-state index >= 15 is 0 Å². The van der Waals surface area contributed by atoms with E-state index in [-0.39, 0.29) is 30.6 Å². The van der Waals surface area contributed by atoms with Crippen molar-refractivity contribution in [3.63, 3.8) is 0 Å². The molecule has 0 N–H and O–H groups in total. The molecular formula is C18H36SSe. The first-order chi connectivity index (χ1) is 8.91. The number of hydrogen-bond acceptors (Lipinski definition) is 0. The summed E-state index contributed by atoms with van der Waals surface area (Å²) in [6.45, 7) is 6.05. The van der Waals surface area contributed by atoms with E-state index < -0.39 is 0 Å². The molecule has 0 aliphatic carbocycles. The van der Waals surface area contributed by atoms with Crippen LogP contribution >= 0.6 is 13.5 Å². The first-order valence-corrected chi connectivity index (χ1v) is 8.52. The van der Waals surface area contributed by atoms with Crippen LogP contribution in [0.15, 0.2) is 12.7 Å². The molecule has 20 heavy (non-hydrogen) atoms. The standard InChI is InChI=1S/C18H36.S.Se/c1-3-5-7-9-11-13-15-17-18-16-14-12-10-8-6-4-2;;/h3H,1,4-18H2,2H3;;. The maximum absolute atomic E-state index is 3.76. The van der Waals surface area contributed by atoms with Gasteiger partial charge in [-0.25, -0.2) is 0 Å². The topological polar surface area (TPSA) is 0 Å². The van der Waals surface area contributed by atoms with Crippen molar-refractivity contribution in [2.75, 3.05) is 0 Å². The molecule has 0 saturated carbocycles. The van der Waals surface area contributed by atoms with Crippen LogP contribution in [0.3, 0.4) is 0 Å². The van der Waals surface area contributed by atoms with Crippen LogP contribution in [0.5, 0.6) is 0 Å². The smallest absolute Gasteiger partial charge is 0 e. The summed E-state index contributed by atoms with van der Waals surface area (Å²) >= 11 is 0. The van der Waals surface area contributed by atoms with Crippen molar-refractivity contribution >= 4 is 30.6 Å². The van der Waals surface area contributed by atoms with Gasteiger partial charge < -0.3 is 0 Å². The zero-order chi connectivity index (χ0) is 13.3. The van der Waals surface area contributed by atoms with Gasteiger partial charge in [0.25, 0.3) is 0 Å². The fraction of sp³-hybridized carbons (Fsp3) is 0.889. The third-order valence-electron chi connectivity index (χ3n) is 3.76. The Morgan fingerprint density at radius 3 is 1.20 bits per heavy atom. The summed E-state index contributed by atoms with van der Waals surface area (Å²) < 4.78 is 0. The van der Waals surface area contributed by atoms with Gasteiger partial charge >= 0.3 is 0 Å². The van der Waals surface area contributed by atoms with Gasteiger partial charge in [0, 0.05) is 30.6 Å². The van der Waals surface area contributed by atoms with Crippen LogP contribution in [-0.4, -0.2) is 17.1 Å². The van der Waals surface area contributed by atoms with Crippen molar-refractivity contribution in [1.29, 1.82) is 0 Å². The van der Waals surface area contributed by atoms with E-state index in [1.54, 1.807) is 0 Å². The molecule has 0 heterocycles. The van der Waals surface area contributed by atoms with E-state index in [4.69, 9.17) is 0 Å². The second kappa shape index (κ2) is 24.6. The molecule has 0 spiro atoms. The van der Waals surface area contributed by atoms with Crippen LogP contribution in [0.4, 0.5) is 0 Å². The molecule has 120 valence electrons. The quantitative estimate of drug-likeness (QED) is 0.162. The van der Waals surface area contributed by atoms with Crippen LogP contribution in [0.1, 0.15) is 103 Å². The summed E-state index contributed by atoms with van der Waals surface area (Å²) in [6.07, 6.45) is 23.5. The molecule has 0 rings (SSSR count). The number of unbranched alkanes of at least 4 members (excludes halogenated alkanes) is 14. The molecule has 0 aromatic carbocycles. The first kappa shape index (κ1) is 25.6. The molecule has 0 bridgehead atoms. The third-order valence-corrected chi connectivity index (χ3v) is 3.76. The predicted octanol–water partition coefficient (Wildman–Crippen LogP) is 7.31. The Hall–Kier alpha value is 0.609. The summed E-state index contributed by atoms with van der Waals surface area (Å²) in [6, 6.07) is 0. The molecule has 0 saturated heterocycles. The summed E-state index contributed by atoms with van der Waals surface area (Å²) in [4.78, 5) is 0. The molecule has 0 unspecified atom stereocenters. The Balaban J connectivity index is -0.00000144. The number of rotatable bonds is 15. The molecule has 0 aromatic rings. The third kappa shape index (κ3) is 23.7. The fourth-order valence-corrected chi connectivity index (χ4v) is 2.48. The van der Waals surface area contributed by atoms with Crippen LogP contribution in [-0.2, 0) is 0 Å². The van der Waals surface area contributed by atoms with Crippen molar-refractivity contribution in [3.05, 3.63) is 12.7 Å². The summed E-state index contributed by atoms with van der Waals surface area (Å²) in [5.74, 6) is 0. The van der Waals surface area contributed by atoms with Gasteiger partial charge in [0.05, 0.1) is 0 Å². The van der Waals surface area contributed by atoms with E-state index in [9.17, 15) is 0 Å². The SMILES string of the molecule is C=CCCCCCCCCCCCCCCCC.[S].[Se]. The van der Waals surface area contributed by atoms with Crippen LogP contribution in [0.25, 0.3) is 0 Å². The average Bonchev–Trinajstić information content (AvgIpc) is 2.39. The Morgan fingerprint density at radius 2 is 0.900 bits per heavy atom. The summed E-state index contributed by atoms with van der Waals surface area (Å²) in [7, 11) is 0. The monoisotopic (exact) mass is 364 g/mol. The van der Waals surface area contributed by atoms with Crippen LogP contribution in [0, 0.1) is 0 Å². The molecule has 0 amide bonds. The van der Waals surface area contributed by atoms with Gasteiger partial charge in [-0.2, -0.15) is 0 Å². The van der Waals surface area contributed by atoms with Crippen molar-refractivity contribution in [2.45, 2.75) is 103 Å². The Bertz CT molecular complexity index is 159. The van der Waals surface area contributed by atoms with Crippen molar-refractivity contribution in [1.82, 2.24) is 0 Å². The molecule has 0 atom stereocenters. The van der Waals surface area contributed by atoms with Gasteiger partial charge in [-0.15, -0.1) is 6.58 Å². The number of hydrogen-bond donors (Lipinski definition) is 0. The van der Waals surface area contributed by atoms with Gasteiger partial charge in [-0.3, -0.25) is 0 Å². The minimum absolute atomic E-state index is 0. The molecule has 0 fully saturated rings. The summed E-state index contributed by atoms with van der Waals surface area (Å²) in [5.41, 5.74) is 0. The minimum Gasteiger partial charge on any atom is -0.103 e. The number of allylic oxidation sites excluding steroid dienone is 1. The molecule has 0 aliphatic rings. The maximum Gasteiger partial charge on any atom is 0 e. The van der Waals surface area contributed by atoms with E-state index in [0.717, 1.165) is 0 Å². The maximum atomic E-state index is 3.76. The zero-order valence-electron chi connectivity index (χ0n) is 13.7. The largest absolute Gasteiger partial charge is 0.103 e. The molecule has 0 aliphatic heterocycles. The van der Waals surface area contributed by atoms with E-state index in [2.05, 4.69) is 13.5 Å².